The lowest BCUT2D eigenvalue weighted by Crippen LogP contribution is -2.27. The average Bonchev–Trinajstić information content (AvgIpc) is 2.68. The van der Waals surface area contributed by atoms with Crippen LogP contribution >= 0.6 is 0 Å². The van der Waals surface area contributed by atoms with E-state index < -0.39 is 51.1 Å². The number of benzene rings is 2. The molecule has 0 saturated carbocycles. The Bertz CT molecular complexity index is 1070. The number of primary amides is 1. The number of halogens is 3. The van der Waals surface area contributed by atoms with Crippen LogP contribution in [0.25, 0.3) is 0 Å². The van der Waals surface area contributed by atoms with Crippen molar-refractivity contribution in [1.82, 2.24) is 0 Å². The van der Waals surface area contributed by atoms with Crippen LogP contribution in [0.1, 0.15) is 29.3 Å². The Morgan fingerprint density at radius 1 is 1.17 bits per heavy atom. The normalized spacial score (nSPS) is 12.5. The van der Waals surface area contributed by atoms with Crippen molar-refractivity contribution in [3.8, 4) is 5.75 Å². The maximum absolute atomic E-state index is 13.4. The van der Waals surface area contributed by atoms with E-state index in [1.165, 1.54) is 26.2 Å². The predicted octanol–water partition coefficient (Wildman–Crippen LogP) is 2.92. The number of rotatable bonds is 8. The first-order chi connectivity index (χ1) is 14.0. The minimum atomic E-state index is -3.97. The molecule has 1 atom stereocenters. The highest BCUT2D eigenvalue weighted by Crippen LogP contribution is 2.28. The number of alkyl halides is 2. The minimum Gasteiger partial charge on any atom is -0.496 e. The van der Waals surface area contributed by atoms with Gasteiger partial charge in [0.15, 0.2) is 9.84 Å². The predicted molar refractivity (Wildman–Crippen MR) is 103 cm³/mol. The lowest BCUT2D eigenvalue weighted by Gasteiger charge is -2.13. The molecule has 7 nitrogen and oxygen atoms in total. The van der Waals surface area contributed by atoms with E-state index in [9.17, 15) is 31.2 Å². The zero-order chi connectivity index (χ0) is 22.6. The van der Waals surface area contributed by atoms with Crippen molar-refractivity contribution in [2.45, 2.75) is 18.2 Å². The van der Waals surface area contributed by atoms with Crippen LogP contribution in [0, 0.1) is 11.7 Å². The van der Waals surface area contributed by atoms with Crippen LogP contribution in [0.3, 0.4) is 0 Å². The Morgan fingerprint density at radius 3 is 2.40 bits per heavy atom. The third-order valence-electron chi connectivity index (χ3n) is 4.22. The van der Waals surface area contributed by atoms with Crippen molar-refractivity contribution in [1.29, 1.82) is 0 Å². The molecule has 2 amide bonds. The molecule has 3 N–H and O–H groups in total. The highest BCUT2D eigenvalue weighted by Gasteiger charge is 2.24. The SMILES string of the molecule is COc1ccc(S(=O)(=O)C[C@@H](C)C(N)=O)cc1C(=O)Nc1ccc(F)c(C(F)F)c1. The van der Waals surface area contributed by atoms with Crippen molar-refractivity contribution in [3.63, 3.8) is 0 Å². The topological polar surface area (TPSA) is 116 Å². The van der Waals surface area contributed by atoms with E-state index in [1.807, 2.05) is 0 Å². The van der Waals surface area contributed by atoms with E-state index in [0.29, 0.717) is 0 Å². The molecule has 0 radical (unpaired) electrons. The number of sulfone groups is 1. The number of nitrogens with two attached hydrogens (primary N) is 1. The average molecular weight is 444 g/mol. The van der Waals surface area contributed by atoms with Crippen LogP contribution in [0.4, 0.5) is 18.9 Å². The van der Waals surface area contributed by atoms with Gasteiger partial charge in [0.2, 0.25) is 5.91 Å². The van der Waals surface area contributed by atoms with Gasteiger partial charge in [0.1, 0.15) is 11.6 Å². The largest absolute Gasteiger partial charge is 0.496 e. The fourth-order valence-corrected chi connectivity index (χ4v) is 4.14. The number of nitrogens with one attached hydrogen (secondary N) is 1. The summed E-state index contributed by atoms with van der Waals surface area (Å²) in [5, 5.41) is 2.31. The van der Waals surface area contributed by atoms with Gasteiger partial charge < -0.3 is 15.8 Å². The molecular formula is C19H19F3N2O5S. The summed E-state index contributed by atoms with van der Waals surface area (Å²) in [4.78, 5) is 23.6. The van der Waals surface area contributed by atoms with Crippen molar-refractivity contribution < 1.29 is 35.9 Å². The summed E-state index contributed by atoms with van der Waals surface area (Å²) in [6.07, 6.45) is -3.09. The molecule has 0 aromatic heterocycles. The Morgan fingerprint density at radius 2 is 1.83 bits per heavy atom. The molecule has 11 heteroatoms. The molecule has 0 fully saturated rings. The molecule has 2 aromatic rings. The van der Waals surface area contributed by atoms with Crippen LogP contribution in [-0.2, 0) is 14.6 Å². The third-order valence-corrected chi connectivity index (χ3v) is 6.13. The molecule has 0 aliphatic rings. The van der Waals surface area contributed by atoms with Gasteiger partial charge in [0, 0.05) is 11.6 Å². The smallest absolute Gasteiger partial charge is 0.266 e. The maximum Gasteiger partial charge on any atom is 0.266 e. The molecule has 0 unspecified atom stereocenters. The van der Waals surface area contributed by atoms with Crippen molar-refractivity contribution in [2.24, 2.45) is 11.7 Å². The first-order valence-electron chi connectivity index (χ1n) is 8.55. The molecule has 2 rings (SSSR count). The molecule has 0 bridgehead atoms. The Kier molecular flexibility index (Phi) is 7.08. The monoisotopic (exact) mass is 444 g/mol. The van der Waals surface area contributed by atoms with E-state index in [2.05, 4.69) is 5.32 Å². The lowest BCUT2D eigenvalue weighted by molar-refractivity contribution is -0.120. The molecule has 30 heavy (non-hydrogen) atoms. The highest BCUT2D eigenvalue weighted by molar-refractivity contribution is 7.91. The van der Waals surface area contributed by atoms with Gasteiger partial charge in [-0.3, -0.25) is 9.59 Å². The molecule has 0 saturated heterocycles. The Labute approximate surface area is 170 Å². The molecule has 162 valence electrons. The molecule has 0 heterocycles. The van der Waals surface area contributed by atoms with E-state index in [-0.39, 0.29) is 21.9 Å². The first-order valence-corrected chi connectivity index (χ1v) is 10.2. The molecule has 0 aliphatic carbocycles. The van der Waals surface area contributed by atoms with Gasteiger partial charge in [0.05, 0.1) is 28.9 Å². The van der Waals surface area contributed by atoms with Crippen LogP contribution in [0.2, 0.25) is 0 Å². The Hall–Kier alpha value is -3.08. The van der Waals surface area contributed by atoms with Crippen LogP contribution in [0.15, 0.2) is 41.3 Å². The fourth-order valence-electron chi connectivity index (χ4n) is 2.55. The first kappa shape index (κ1) is 23.2. The number of amides is 2. The zero-order valence-corrected chi connectivity index (χ0v) is 16.8. The third kappa shape index (κ3) is 5.29. The molecule has 0 spiro atoms. The van der Waals surface area contributed by atoms with Gasteiger partial charge in [0.25, 0.3) is 12.3 Å². The number of carbonyl (C=O) groups excluding carboxylic acids is 2. The Balaban J connectivity index is 2.39. The van der Waals surface area contributed by atoms with E-state index >= 15 is 0 Å². The maximum atomic E-state index is 13.4. The quantitative estimate of drug-likeness (QED) is 0.650. The second-order valence-corrected chi connectivity index (χ2v) is 8.47. The molecular weight excluding hydrogens is 425 g/mol. The second-order valence-electron chi connectivity index (χ2n) is 6.44. The number of methoxy groups -OCH3 is 1. The summed E-state index contributed by atoms with van der Waals surface area (Å²) in [6, 6.07) is 6.12. The van der Waals surface area contributed by atoms with Crippen molar-refractivity contribution in [2.75, 3.05) is 18.2 Å². The van der Waals surface area contributed by atoms with Gasteiger partial charge in [-0.05, 0) is 36.4 Å². The number of hydrogen-bond donors (Lipinski definition) is 2. The van der Waals surface area contributed by atoms with E-state index in [1.54, 1.807) is 0 Å². The second kappa shape index (κ2) is 9.16. The summed E-state index contributed by atoms with van der Waals surface area (Å²) in [5.74, 6) is -4.29. The summed E-state index contributed by atoms with van der Waals surface area (Å²) >= 11 is 0. The van der Waals surface area contributed by atoms with Crippen LogP contribution in [0.5, 0.6) is 5.75 Å². The van der Waals surface area contributed by atoms with Gasteiger partial charge >= 0.3 is 0 Å². The zero-order valence-electron chi connectivity index (χ0n) is 16.0. The van der Waals surface area contributed by atoms with Gasteiger partial charge in [-0.2, -0.15) is 0 Å². The van der Waals surface area contributed by atoms with E-state index in [0.717, 1.165) is 24.3 Å². The lowest BCUT2D eigenvalue weighted by atomic mass is 10.1. The summed E-state index contributed by atoms with van der Waals surface area (Å²) in [6.45, 7) is 1.35. The molecule has 0 aliphatic heterocycles. The fraction of sp³-hybridized carbons (Fsp3) is 0.263. The number of carbonyl (C=O) groups is 2. The minimum absolute atomic E-state index is 0.0191. The summed E-state index contributed by atoms with van der Waals surface area (Å²) < 4.78 is 69.3. The number of ether oxygens (including phenoxy) is 1. The van der Waals surface area contributed by atoms with E-state index in [4.69, 9.17) is 10.5 Å². The molecule has 2 aromatic carbocycles. The van der Waals surface area contributed by atoms with Crippen LogP contribution < -0.4 is 15.8 Å². The number of anilines is 1. The van der Waals surface area contributed by atoms with Crippen molar-refractivity contribution in [3.05, 3.63) is 53.3 Å². The summed E-state index contributed by atoms with van der Waals surface area (Å²) in [7, 11) is -2.71. The van der Waals surface area contributed by atoms with Gasteiger partial charge in [-0.25, -0.2) is 21.6 Å². The van der Waals surface area contributed by atoms with Gasteiger partial charge in [-0.1, -0.05) is 6.92 Å². The summed E-state index contributed by atoms with van der Waals surface area (Å²) in [5.41, 5.74) is 3.90. The van der Waals surface area contributed by atoms with Crippen LogP contribution in [-0.4, -0.2) is 33.1 Å². The standard InChI is InChI=1S/C19H19F3N2O5S/c1-10(18(23)25)9-30(27,28)12-4-6-16(29-2)14(8-12)19(26)24-11-3-5-15(20)13(7-11)17(21)22/h3-8,10,17H,9H2,1-2H3,(H2,23,25)(H,24,26)/t10-/m1/s1. The highest BCUT2D eigenvalue weighted by atomic mass is 32.2. The van der Waals surface area contributed by atoms with Gasteiger partial charge in [-0.15, -0.1) is 0 Å². The van der Waals surface area contributed by atoms with Crippen molar-refractivity contribution >= 4 is 27.3 Å². The number of hydrogen-bond acceptors (Lipinski definition) is 5.